The molecule has 100 valence electrons. The third kappa shape index (κ3) is 5.82. The average molecular weight is 249 g/mol. The Kier molecular flexibility index (Phi) is 5.35. The monoisotopic (exact) mass is 249 g/mol. The molecular weight excluding hydrogens is 226 g/mol. The lowest BCUT2D eigenvalue weighted by Gasteiger charge is -2.19. The molecule has 0 aliphatic heterocycles. The van der Waals surface area contributed by atoms with Gasteiger partial charge < -0.3 is 10.5 Å². The highest BCUT2D eigenvalue weighted by Crippen LogP contribution is 2.11. The molecule has 0 aromatic heterocycles. The smallest absolute Gasteiger partial charge is 0.306 e. The van der Waals surface area contributed by atoms with E-state index in [1.165, 1.54) is 5.56 Å². The summed E-state index contributed by atoms with van der Waals surface area (Å²) in [5.41, 5.74) is 7.51. The summed E-state index contributed by atoms with van der Waals surface area (Å²) in [5, 5.41) is 0. The summed E-state index contributed by atoms with van der Waals surface area (Å²) in [6.07, 6.45) is 2.18. The third-order valence-electron chi connectivity index (χ3n) is 2.53. The maximum absolute atomic E-state index is 11.5. The van der Waals surface area contributed by atoms with E-state index in [1.54, 1.807) is 0 Å². The van der Waals surface area contributed by atoms with Crippen molar-refractivity contribution >= 4 is 5.97 Å². The lowest BCUT2D eigenvalue weighted by molar-refractivity contribution is -0.154. The first-order chi connectivity index (χ1) is 8.40. The Morgan fingerprint density at radius 3 is 2.22 bits per heavy atom. The molecular formula is C15H23NO2. The average Bonchev–Trinajstić information content (AvgIpc) is 2.27. The van der Waals surface area contributed by atoms with E-state index in [0.717, 1.165) is 18.4 Å². The fourth-order valence-corrected chi connectivity index (χ4v) is 1.67. The van der Waals surface area contributed by atoms with Crippen molar-refractivity contribution in [3.63, 3.8) is 0 Å². The molecule has 0 aliphatic carbocycles. The van der Waals surface area contributed by atoms with Crippen LogP contribution in [0.4, 0.5) is 0 Å². The van der Waals surface area contributed by atoms with Crippen LogP contribution in [-0.4, -0.2) is 11.6 Å². The zero-order valence-corrected chi connectivity index (χ0v) is 11.5. The molecule has 0 atom stereocenters. The fraction of sp³-hybridized carbons (Fsp3) is 0.533. The first-order valence-electron chi connectivity index (χ1n) is 6.40. The molecule has 0 bridgehead atoms. The van der Waals surface area contributed by atoms with Crippen molar-refractivity contribution in [1.29, 1.82) is 0 Å². The molecule has 0 saturated carbocycles. The Labute approximate surface area is 109 Å². The number of benzene rings is 1. The van der Waals surface area contributed by atoms with Gasteiger partial charge in [0, 0.05) is 13.0 Å². The van der Waals surface area contributed by atoms with E-state index in [-0.39, 0.29) is 11.6 Å². The molecule has 0 aliphatic rings. The quantitative estimate of drug-likeness (QED) is 0.816. The Hall–Kier alpha value is -1.35. The van der Waals surface area contributed by atoms with E-state index >= 15 is 0 Å². The first-order valence-corrected chi connectivity index (χ1v) is 6.40. The SMILES string of the molecule is CC(C)(C)OC(=O)CCCc1ccc(CN)cc1. The Morgan fingerprint density at radius 2 is 1.72 bits per heavy atom. The van der Waals surface area contributed by atoms with Gasteiger partial charge in [0.15, 0.2) is 0 Å². The molecule has 0 fully saturated rings. The van der Waals surface area contributed by atoms with Crippen molar-refractivity contribution < 1.29 is 9.53 Å². The zero-order chi connectivity index (χ0) is 13.6. The highest BCUT2D eigenvalue weighted by Gasteiger charge is 2.15. The Morgan fingerprint density at radius 1 is 1.17 bits per heavy atom. The van der Waals surface area contributed by atoms with E-state index in [1.807, 2.05) is 32.9 Å². The Bertz CT molecular complexity index is 376. The van der Waals surface area contributed by atoms with Gasteiger partial charge in [-0.3, -0.25) is 4.79 Å². The lowest BCUT2D eigenvalue weighted by Crippen LogP contribution is -2.23. The van der Waals surface area contributed by atoms with Crippen LogP contribution in [-0.2, 0) is 22.5 Å². The summed E-state index contributed by atoms with van der Waals surface area (Å²) in [4.78, 5) is 11.5. The zero-order valence-electron chi connectivity index (χ0n) is 11.5. The molecule has 2 N–H and O–H groups in total. The van der Waals surface area contributed by atoms with Crippen LogP contribution in [0.15, 0.2) is 24.3 Å². The molecule has 18 heavy (non-hydrogen) atoms. The van der Waals surface area contributed by atoms with Crippen LogP contribution in [0.25, 0.3) is 0 Å². The second-order valence-corrected chi connectivity index (χ2v) is 5.46. The minimum absolute atomic E-state index is 0.124. The predicted octanol–water partition coefficient (Wildman–Crippen LogP) is 2.81. The molecule has 0 heterocycles. The number of ether oxygens (including phenoxy) is 1. The molecule has 0 spiro atoms. The highest BCUT2D eigenvalue weighted by atomic mass is 16.6. The van der Waals surface area contributed by atoms with Crippen molar-refractivity contribution in [2.75, 3.05) is 0 Å². The molecule has 0 saturated heterocycles. The topological polar surface area (TPSA) is 52.3 Å². The molecule has 1 aromatic carbocycles. The van der Waals surface area contributed by atoms with Crippen LogP contribution < -0.4 is 5.73 Å². The van der Waals surface area contributed by atoms with Gasteiger partial charge in [-0.05, 0) is 44.7 Å². The number of aryl methyl sites for hydroxylation is 1. The molecule has 3 nitrogen and oxygen atoms in total. The summed E-state index contributed by atoms with van der Waals surface area (Å²) in [6.45, 7) is 6.22. The largest absolute Gasteiger partial charge is 0.460 e. The van der Waals surface area contributed by atoms with Crippen LogP contribution >= 0.6 is 0 Å². The summed E-state index contributed by atoms with van der Waals surface area (Å²) >= 11 is 0. The standard InChI is InChI=1S/C15H23NO2/c1-15(2,3)18-14(17)6-4-5-12-7-9-13(11-16)10-8-12/h7-10H,4-6,11,16H2,1-3H3. The number of carbonyl (C=O) groups is 1. The van der Waals surface area contributed by atoms with Crippen molar-refractivity contribution in [3.05, 3.63) is 35.4 Å². The summed E-state index contributed by atoms with van der Waals surface area (Å²) in [7, 11) is 0. The van der Waals surface area contributed by atoms with Gasteiger partial charge in [-0.2, -0.15) is 0 Å². The second-order valence-electron chi connectivity index (χ2n) is 5.46. The van der Waals surface area contributed by atoms with Crippen LogP contribution in [0, 0.1) is 0 Å². The number of hydrogen-bond acceptors (Lipinski definition) is 3. The van der Waals surface area contributed by atoms with E-state index in [4.69, 9.17) is 10.5 Å². The predicted molar refractivity (Wildman–Crippen MR) is 73.1 cm³/mol. The van der Waals surface area contributed by atoms with E-state index in [9.17, 15) is 4.79 Å². The Balaban J connectivity index is 2.30. The van der Waals surface area contributed by atoms with Gasteiger partial charge in [0.25, 0.3) is 0 Å². The van der Waals surface area contributed by atoms with Gasteiger partial charge >= 0.3 is 5.97 Å². The van der Waals surface area contributed by atoms with E-state index < -0.39 is 0 Å². The molecule has 0 unspecified atom stereocenters. The summed E-state index contributed by atoms with van der Waals surface area (Å²) in [5.74, 6) is -0.124. The number of hydrogen-bond donors (Lipinski definition) is 1. The van der Waals surface area contributed by atoms with Gasteiger partial charge in [0.1, 0.15) is 5.60 Å². The minimum Gasteiger partial charge on any atom is -0.460 e. The number of carbonyl (C=O) groups excluding carboxylic acids is 1. The number of rotatable bonds is 5. The van der Waals surface area contributed by atoms with E-state index in [2.05, 4.69) is 12.1 Å². The maximum Gasteiger partial charge on any atom is 0.306 e. The molecule has 3 heteroatoms. The summed E-state index contributed by atoms with van der Waals surface area (Å²) < 4.78 is 5.26. The van der Waals surface area contributed by atoms with Gasteiger partial charge in [0.2, 0.25) is 0 Å². The number of nitrogens with two attached hydrogens (primary N) is 1. The van der Waals surface area contributed by atoms with Crippen molar-refractivity contribution in [3.8, 4) is 0 Å². The highest BCUT2D eigenvalue weighted by molar-refractivity contribution is 5.69. The fourth-order valence-electron chi connectivity index (χ4n) is 1.67. The third-order valence-corrected chi connectivity index (χ3v) is 2.53. The van der Waals surface area contributed by atoms with Gasteiger partial charge in [-0.1, -0.05) is 24.3 Å². The van der Waals surface area contributed by atoms with Gasteiger partial charge in [-0.25, -0.2) is 0 Å². The molecule has 0 amide bonds. The van der Waals surface area contributed by atoms with Crippen LogP contribution in [0.3, 0.4) is 0 Å². The van der Waals surface area contributed by atoms with Crippen molar-refractivity contribution in [2.24, 2.45) is 5.73 Å². The van der Waals surface area contributed by atoms with Crippen molar-refractivity contribution in [2.45, 2.75) is 52.2 Å². The molecule has 1 rings (SSSR count). The van der Waals surface area contributed by atoms with E-state index in [0.29, 0.717) is 13.0 Å². The second kappa shape index (κ2) is 6.55. The number of esters is 1. The van der Waals surface area contributed by atoms with Gasteiger partial charge in [-0.15, -0.1) is 0 Å². The van der Waals surface area contributed by atoms with Crippen LogP contribution in [0.5, 0.6) is 0 Å². The lowest BCUT2D eigenvalue weighted by atomic mass is 10.1. The normalized spacial score (nSPS) is 11.3. The van der Waals surface area contributed by atoms with Crippen molar-refractivity contribution in [1.82, 2.24) is 0 Å². The molecule has 1 aromatic rings. The summed E-state index contributed by atoms with van der Waals surface area (Å²) in [6, 6.07) is 8.19. The van der Waals surface area contributed by atoms with Crippen LogP contribution in [0.1, 0.15) is 44.7 Å². The first kappa shape index (κ1) is 14.7. The van der Waals surface area contributed by atoms with Crippen LogP contribution in [0.2, 0.25) is 0 Å². The maximum atomic E-state index is 11.5. The van der Waals surface area contributed by atoms with Gasteiger partial charge in [0.05, 0.1) is 0 Å². The minimum atomic E-state index is -0.389. The molecule has 0 radical (unpaired) electrons.